The molecule has 0 saturated carbocycles. The lowest BCUT2D eigenvalue weighted by molar-refractivity contribution is 0.0143. The van der Waals surface area contributed by atoms with Crippen LogP contribution < -0.4 is 43.4 Å². The van der Waals surface area contributed by atoms with Crippen LogP contribution in [0.1, 0.15) is 46.7 Å². The molecule has 2 amide bonds. The fraction of sp³-hybridized carbons (Fsp3) is 0.462. The average molecular weight is 581 g/mol. The molecule has 0 bridgehead atoms. The van der Waals surface area contributed by atoms with Crippen LogP contribution in [0.15, 0.2) is 43.8 Å². The number of nitrogens with two attached hydrogens (primary N) is 2. The van der Waals surface area contributed by atoms with Crippen LogP contribution in [0.4, 0.5) is 0 Å². The lowest BCUT2D eigenvalue weighted by Gasteiger charge is -2.46. The number of guanidine groups is 2. The molecule has 4 aliphatic rings. The van der Waals surface area contributed by atoms with Crippen molar-refractivity contribution in [3.8, 4) is 5.75 Å². The number of benzene rings is 1. The van der Waals surface area contributed by atoms with Gasteiger partial charge in [0.15, 0.2) is 17.6 Å². The van der Waals surface area contributed by atoms with Crippen LogP contribution in [-0.2, 0) is 5.41 Å². The van der Waals surface area contributed by atoms with E-state index in [9.17, 15) is 24.3 Å². The van der Waals surface area contributed by atoms with Crippen molar-refractivity contribution in [3.05, 3.63) is 61.9 Å². The lowest BCUT2D eigenvalue weighted by atomic mass is 9.79. The van der Waals surface area contributed by atoms with Crippen molar-refractivity contribution in [1.29, 1.82) is 0 Å². The Hall–Kier alpha value is -4.86. The van der Waals surface area contributed by atoms with E-state index in [-0.39, 0.29) is 36.1 Å². The number of hydrogen-bond acceptors (Lipinski definition) is 12. The minimum atomic E-state index is -1.35. The van der Waals surface area contributed by atoms with Gasteiger partial charge in [0.2, 0.25) is 0 Å². The van der Waals surface area contributed by atoms with Gasteiger partial charge in [-0.25, -0.2) is 14.8 Å². The Morgan fingerprint density at radius 2 is 1.98 bits per heavy atom. The van der Waals surface area contributed by atoms with Crippen LogP contribution in [0.25, 0.3) is 0 Å². The third kappa shape index (κ3) is 4.25. The Labute approximate surface area is 238 Å². The molecule has 1 fully saturated rings. The number of H-pyrrole nitrogens is 2. The summed E-state index contributed by atoms with van der Waals surface area (Å²) in [5, 5.41) is 20.3. The zero-order valence-electron chi connectivity index (χ0n) is 22.9. The molecule has 5 heterocycles. The van der Waals surface area contributed by atoms with Gasteiger partial charge in [0.1, 0.15) is 23.6 Å². The largest absolute Gasteiger partial charge is 0.492 e. The summed E-state index contributed by atoms with van der Waals surface area (Å²) in [6, 6.07) is 4.00. The number of ether oxygens (including phenoxy) is 1. The SMILES string of the molecule is CC1(C)CCOc2c(C(=O)N[C@@H]3CN4C(N)=N[C@@H](CNC(=O)c5cc(=O)[nH]c(=O)[nH]5)C5N=C(N)NC54[C@@H]3O)cccc21. The maximum Gasteiger partial charge on any atom is 0.326 e. The maximum atomic E-state index is 13.5. The molecule has 4 aliphatic heterocycles. The summed E-state index contributed by atoms with van der Waals surface area (Å²) < 4.78 is 5.91. The number of aromatic amines is 2. The Kier molecular flexibility index (Phi) is 6.25. The van der Waals surface area contributed by atoms with E-state index >= 15 is 0 Å². The van der Waals surface area contributed by atoms with Crippen molar-refractivity contribution < 1.29 is 19.4 Å². The summed E-state index contributed by atoms with van der Waals surface area (Å²) in [6.45, 7) is 4.67. The molecule has 222 valence electrons. The number of rotatable bonds is 5. The highest BCUT2D eigenvalue weighted by molar-refractivity contribution is 5.98. The zero-order valence-corrected chi connectivity index (χ0v) is 22.9. The molecule has 0 radical (unpaired) electrons. The summed E-state index contributed by atoms with van der Waals surface area (Å²) in [5.41, 5.74) is 10.4. The third-order valence-corrected chi connectivity index (χ3v) is 8.41. The van der Waals surface area contributed by atoms with E-state index in [2.05, 4.69) is 44.8 Å². The lowest BCUT2D eigenvalue weighted by Crippen LogP contribution is -2.73. The van der Waals surface area contributed by atoms with Crippen LogP contribution in [-0.4, -0.2) is 93.3 Å². The van der Waals surface area contributed by atoms with Crippen LogP contribution in [0.5, 0.6) is 5.75 Å². The molecule has 2 unspecified atom stereocenters. The summed E-state index contributed by atoms with van der Waals surface area (Å²) in [4.78, 5) is 64.2. The first-order valence-corrected chi connectivity index (χ1v) is 13.5. The van der Waals surface area contributed by atoms with Gasteiger partial charge in [-0.05, 0) is 17.9 Å². The number of para-hydroxylation sites is 1. The van der Waals surface area contributed by atoms with Gasteiger partial charge in [0, 0.05) is 24.7 Å². The van der Waals surface area contributed by atoms with Gasteiger partial charge < -0.3 is 47.1 Å². The molecule has 1 saturated heterocycles. The number of fused-ring (bicyclic) bond motifs is 1. The molecule has 2 aromatic rings. The number of aliphatic imine (C=N–C) groups is 2. The maximum absolute atomic E-state index is 13.5. The predicted molar refractivity (Wildman–Crippen MR) is 150 cm³/mol. The van der Waals surface area contributed by atoms with Gasteiger partial charge in [-0.15, -0.1) is 0 Å². The molecule has 5 atom stereocenters. The first-order valence-electron chi connectivity index (χ1n) is 13.5. The number of hydrogen-bond donors (Lipinski definition) is 8. The normalized spacial score (nSPS) is 28.7. The number of amides is 2. The van der Waals surface area contributed by atoms with E-state index in [0.717, 1.165) is 18.1 Å². The number of aliphatic hydroxyl groups is 1. The smallest absolute Gasteiger partial charge is 0.326 e. The average Bonchev–Trinajstić information content (AvgIpc) is 3.42. The topological polar surface area (TPSA) is 245 Å². The van der Waals surface area contributed by atoms with Crippen molar-refractivity contribution >= 4 is 23.7 Å². The van der Waals surface area contributed by atoms with Gasteiger partial charge >= 0.3 is 5.69 Å². The first-order chi connectivity index (χ1) is 19.9. The summed E-state index contributed by atoms with van der Waals surface area (Å²) in [5.74, 6) is -0.536. The Morgan fingerprint density at radius 1 is 1.19 bits per heavy atom. The highest BCUT2D eigenvalue weighted by atomic mass is 16.5. The highest BCUT2D eigenvalue weighted by Gasteiger charge is 2.65. The van der Waals surface area contributed by atoms with Gasteiger partial charge in [-0.1, -0.05) is 26.0 Å². The van der Waals surface area contributed by atoms with E-state index in [1.165, 1.54) is 0 Å². The first kappa shape index (κ1) is 27.3. The molecule has 1 spiro atoms. The molecule has 42 heavy (non-hydrogen) atoms. The van der Waals surface area contributed by atoms with Crippen molar-refractivity contribution in [2.45, 2.75) is 55.6 Å². The van der Waals surface area contributed by atoms with Crippen molar-refractivity contribution in [3.63, 3.8) is 0 Å². The molecule has 1 aromatic carbocycles. The molecule has 0 aliphatic carbocycles. The number of nitrogens with zero attached hydrogens (tertiary/aromatic N) is 3. The molecular weight excluding hydrogens is 548 g/mol. The van der Waals surface area contributed by atoms with Gasteiger partial charge in [0.05, 0.1) is 24.3 Å². The second-order valence-electron chi connectivity index (χ2n) is 11.5. The number of aliphatic hydroxyl groups excluding tert-OH is 1. The highest BCUT2D eigenvalue weighted by Crippen LogP contribution is 2.42. The van der Waals surface area contributed by atoms with E-state index in [1.54, 1.807) is 11.0 Å². The van der Waals surface area contributed by atoms with Crippen LogP contribution >= 0.6 is 0 Å². The van der Waals surface area contributed by atoms with Crippen LogP contribution in [0.2, 0.25) is 0 Å². The number of nitrogens with one attached hydrogen (secondary N) is 5. The van der Waals surface area contributed by atoms with E-state index in [0.29, 0.717) is 17.9 Å². The predicted octanol–water partition coefficient (Wildman–Crippen LogP) is -2.99. The quantitative estimate of drug-likeness (QED) is 0.178. The second kappa shape index (κ2) is 9.61. The second-order valence-corrected chi connectivity index (χ2v) is 11.5. The molecule has 16 heteroatoms. The fourth-order valence-corrected chi connectivity index (χ4v) is 6.28. The number of aromatic nitrogens is 2. The molecule has 16 nitrogen and oxygen atoms in total. The van der Waals surface area contributed by atoms with Crippen molar-refractivity contribution in [2.24, 2.45) is 21.5 Å². The Morgan fingerprint density at radius 3 is 2.74 bits per heavy atom. The number of carbonyl (C=O) groups is 2. The minimum Gasteiger partial charge on any atom is -0.492 e. The standard InChI is InChI=1S/C26H32N10O6/c1-25(2)6-7-42-17-11(4-3-5-12(17)25)20(39)30-15-10-36-23(28)31-14(18-26(36,19(15)38)35-22(27)34-18)9-29-21(40)13-8-16(37)33-24(41)32-13/h3-5,8,14-15,18-19,38H,6-7,9-10H2,1-2H3,(H2,28,31)(H,29,40)(H,30,39)(H3,27,34,35)(H2,32,33,37,41)/t14-,15+,18?,19+,26?/m0/s1. The van der Waals surface area contributed by atoms with E-state index in [4.69, 9.17) is 16.2 Å². The van der Waals surface area contributed by atoms with Gasteiger partial charge in [-0.3, -0.25) is 19.4 Å². The van der Waals surface area contributed by atoms with Crippen LogP contribution in [0, 0.1) is 0 Å². The number of carbonyl (C=O) groups excluding carboxylic acids is 2. The monoisotopic (exact) mass is 580 g/mol. The Balaban J connectivity index is 1.23. The van der Waals surface area contributed by atoms with E-state index in [1.807, 2.05) is 17.1 Å². The van der Waals surface area contributed by atoms with Crippen molar-refractivity contribution in [1.82, 2.24) is 30.8 Å². The zero-order chi connectivity index (χ0) is 30.0. The molecular formula is C26H32N10O6. The summed E-state index contributed by atoms with van der Waals surface area (Å²) >= 11 is 0. The molecule has 6 rings (SSSR count). The third-order valence-electron chi connectivity index (χ3n) is 8.41. The fourth-order valence-electron chi connectivity index (χ4n) is 6.28. The Bertz CT molecular complexity index is 1620. The molecule has 1 aromatic heterocycles. The minimum absolute atomic E-state index is 0.0314. The van der Waals surface area contributed by atoms with Gasteiger partial charge in [-0.2, -0.15) is 0 Å². The van der Waals surface area contributed by atoms with Gasteiger partial charge in [0.25, 0.3) is 17.4 Å². The molecule has 10 N–H and O–H groups in total. The summed E-state index contributed by atoms with van der Waals surface area (Å²) in [7, 11) is 0. The van der Waals surface area contributed by atoms with E-state index < -0.39 is 53.0 Å². The van der Waals surface area contributed by atoms with Crippen molar-refractivity contribution in [2.75, 3.05) is 19.7 Å². The van der Waals surface area contributed by atoms with Crippen LogP contribution in [0.3, 0.4) is 0 Å². The summed E-state index contributed by atoms with van der Waals surface area (Å²) in [6.07, 6.45) is -0.426.